The molecule has 3 nitrogen and oxygen atoms in total. The molecule has 0 rings (SSSR count). The van der Waals surface area contributed by atoms with Crippen LogP contribution in [-0.4, -0.2) is 35.1 Å². The van der Waals surface area contributed by atoms with Crippen LogP contribution in [0.25, 0.3) is 0 Å². The molecular weight excluding hydrogens is 183 g/mol. The summed E-state index contributed by atoms with van der Waals surface area (Å²) in [5.74, 6) is 0. The number of hydrogen-bond acceptors (Lipinski definition) is 3. The molecule has 0 bridgehead atoms. The first-order chi connectivity index (χ1) is 4.77. The Bertz CT molecular complexity index is 268. The van der Waals surface area contributed by atoms with E-state index in [1.807, 2.05) is 0 Å². The van der Waals surface area contributed by atoms with Crippen molar-refractivity contribution in [3.8, 4) is 0 Å². The molecule has 5 heteroatoms. The first-order valence-corrected chi connectivity index (χ1v) is 7.86. The van der Waals surface area contributed by atoms with Crippen molar-refractivity contribution in [2.75, 3.05) is 25.8 Å². The van der Waals surface area contributed by atoms with Crippen LogP contribution < -0.4 is 0 Å². The highest BCUT2D eigenvalue weighted by Crippen LogP contribution is 2.39. The highest BCUT2D eigenvalue weighted by Gasteiger charge is 2.12. The van der Waals surface area contributed by atoms with Crippen LogP contribution in [0.3, 0.4) is 0 Å². The van der Waals surface area contributed by atoms with Gasteiger partial charge in [0.1, 0.15) is 0 Å². The third-order valence-corrected chi connectivity index (χ3v) is 5.16. The molecule has 0 aromatic rings. The van der Waals surface area contributed by atoms with E-state index in [1.54, 1.807) is 19.4 Å². The van der Waals surface area contributed by atoms with Crippen molar-refractivity contribution in [1.29, 1.82) is 0 Å². The smallest absolute Gasteiger partial charge is 0.229 e. The molecule has 0 saturated heterocycles. The molecule has 1 unspecified atom stereocenters. The van der Waals surface area contributed by atoms with E-state index in [4.69, 9.17) is 4.52 Å². The van der Waals surface area contributed by atoms with Crippen molar-refractivity contribution in [2.24, 2.45) is 0 Å². The molecule has 0 aromatic carbocycles. The van der Waals surface area contributed by atoms with Gasteiger partial charge in [-0.2, -0.15) is 0 Å². The zero-order valence-corrected chi connectivity index (χ0v) is 9.08. The number of hydrogen-bond donors (Lipinski definition) is 0. The maximum Gasteiger partial charge on any atom is 0.229 e. The molecule has 0 aliphatic carbocycles. The average molecular weight is 198 g/mol. The van der Waals surface area contributed by atoms with Crippen molar-refractivity contribution >= 4 is 22.0 Å². The van der Waals surface area contributed by atoms with Gasteiger partial charge in [-0.15, -0.1) is 0 Å². The molecule has 0 saturated carbocycles. The summed E-state index contributed by atoms with van der Waals surface area (Å²) in [5.41, 5.74) is 0. The van der Waals surface area contributed by atoms with Gasteiger partial charge in [0.05, 0.1) is 11.7 Å². The van der Waals surface area contributed by atoms with Gasteiger partial charge in [0.25, 0.3) is 0 Å². The van der Waals surface area contributed by atoms with Crippen LogP contribution in [0, 0.1) is 0 Å². The molecule has 0 aliphatic heterocycles. The normalized spacial score (nSPS) is 17.5. The monoisotopic (exact) mass is 198 g/mol. The molecule has 68 valence electrons. The predicted molar refractivity (Wildman–Crippen MR) is 51.2 cm³/mol. The fourth-order valence-corrected chi connectivity index (χ4v) is 5.19. The van der Waals surface area contributed by atoms with Crippen molar-refractivity contribution in [2.45, 2.75) is 6.92 Å². The zero-order chi connectivity index (χ0) is 9.12. The summed E-state index contributed by atoms with van der Waals surface area (Å²) in [7, 11) is -4.78. The SMILES string of the molecule is CCOP(C)(=O)C=S(C)(C)=O. The fraction of sp³-hybridized carbons (Fsp3) is 0.833. The lowest BCUT2D eigenvalue weighted by atomic mass is 10.9. The van der Waals surface area contributed by atoms with Crippen LogP contribution in [-0.2, 0) is 18.6 Å². The maximum atomic E-state index is 11.4. The molecular formula is C6H15O3PS. The van der Waals surface area contributed by atoms with E-state index in [1.165, 1.54) is 11.8 Å². The fourth-order valence-electron chi connectivity index (χ4n) is 0.748. The topological polar surface area (TPSA) is 43.4 Å². The lowest BCUT2D eigenvalue weighted by Gasteiger charge is -2.07. The lowest BCUT2D eigenvalue weighted by molar-refractivity contribution is 0.348. The van der Waals surface area contributed by atoms with Crippen molar-refractivity contribution in [3.63, 3.8) is 0 Å². The molecule has 0 fully saturated rings. The van der Waals surface area contributed by atoms with Crippen LogP contribution in [0.4, 0.5) is 0 Å². The van der Waals surface area contributed by atoms with Crippen LogP contribution in [0.5, 0.6) is 0 Å². The Labute approximate surface area is 68.6 Å². The predicted octanol–water partition coefficient (Wildman–Crippen LogP) is 1.23. The van der Waals surface area contributed by atoms with Gasteiger partial charge in [0.2, 0.25) is 7.37 Å². The van der Waals surface area contributed by atoms with Crippen LogP contribution in [0.1, 0.15) is 6.92 Å². The van der Waals surface area contributed by atoms with Crippen LogP contribution >= 0.6 is 7.37 Å². The minimum Gasteiger partial charge on any atom is -0.326 e. The third-order valence-electron chi connectivity index (χ3n) is 0.831. The number of rotatable bonds is 3. The van der Waals surface area contributed by atoms with Gasteiger partial charge < -0.3 is 4.52 Å². The second-order valence-electron chi connectivity index (χ2n) is 2.74. The standard InChI is InChI=1S/C6H15O3PS/c1-5-9-10(2,7)6-11(3,4)8/h6H,5H2,1-4H3. The molecule has 0 aliphatic rings. The minimum absolute atomic E-state index is 0.389. The van der Waals surface area contributed by atoms with E-state index >= 15 is 0 Å². The Balaban J connectivity index is 4.63. The molecule has 0 N–H and O–H groups in total. The van der Waals surface area contributed by atoms with E-state index in [9.17, 15) is 8.77 Å². The van der Waals surface area contributed by atoms with Gasteiger partial charge in [-0.1, -0.05) is 0 Å². The molecule has 0 amide bonds. The van der Waals surface area contributed by atoms with Gasteiger partial charge in [-0.05, 0) is 16.4 Å². The van der Waals surface area contributed by atoms with Gasteiger partial charge in [-0.3, -0.25) is 8.77 Å². The van der Waals surface area contributed by atoms with Gasteiger partial charge in [-0.25, -0.2) is 0 Å². The Morgan fingerprint density at radius 2 is 2.00 bits per heavy atom. The molecule has 11 heavy (non-hydrogen) atoms. The summed E-state index contributed by atoms with van der Waals surface area (Å²) in [5, 5.41) is 1.32. The van der Waals surface area contributed by atoms with Crippen molar-refractivity contribution in [3.05, 3.63) is 0 Å². The second-order valence-corrected chi connectivity index (χ2v) is 8.28. The van der Waals surface area contributed by atoms with E-state index in [0.717, 1.165) is 0 Å². The van der Waals surface area contributed by atoms with Crippen molar-refractivity contribution < 1.29 is 13.3 Å². The summed E-state index contributed by atoms with van der Waals surface area (Å²) < 4.78 is 27.5. The highest BCUT2D eigenvalue weighted by atomic mass is 32.2. The Hall–Kier alpha value is 0.210. The van der Waals surface area contributed by atoms with Crippen LogP contribution in [0.15, 0.2) is 0 Å². The molecule has 1 atom stereocenters. The summed E-state index contributed by atoms with van der Waals surface area (Å²) >= 11 is 0. The molecule has 0 aromatic heterocycles. The molecule has 0 heterocycles. The Morgan fingerprint density at radius 3 is 2.27 bits per heavy atom. The largest absolute Gasteiger partial charge is 0.326 e. The second kappa shape index (κ2) is 3.74. The quantitative estimate of drug-likeness (QED) is 0.506. The lowest BCUT2D eigenvalue weighted by Crippen LogP contribution is -1.99. The van der Waals surface area contributed by atoms with E-state index in [-0.39, 0.29) is 0 Å². The maximum absolute atomic E-state index is 11.4. The van der Waals surface area contributed by atoms with Gasteiger partial charge >= 0.3 is 0 Å². The highest BCUT2D eigenvalue weighted by molar-refractivity contribution is 8.09. The van der Waals surface area contributed by atoms with Crippen molar-refractivity contribution in [1.82, 2.24) is 0 Å². The van der Waals surface area contributed by atoms with E-state index in [0.29, 0.717) is 6.61 Å². The average Bonchev–Trinajstić information content (AvgIpc) is 1.55. The molecule has 0 radical (unpaired) electrons. The van der Waals surface area contributed by atoms with E-state index in [2.05, 4.69) is 0 Å². The minimum atomic E-state index is -2.71. The van der Waals surface area contributed by atoms with Gasteiger partial charge in [0, 0.05) is 19.2 Å². The first kappa shape index (κ1) is 11.2. The Kier molecular flexibility index (Phi) is 3.82. The molecule has 0 spiro atoms. The van der Waals surface area contributed by atoms with Gasteiger partial charge in [0.15, 0.2) is 0 Å². The summed E-state index contributed by atoms with van der Waals surface area (Å²) in [6, 6.07) is 0. The zero-order valence-electron chi connectivity index (χ0n) is 7.36. The summed E-state index contributed by atoms with van der Waals surface area (Å²) in [6.07, 6.45) is 3.09. The summed E-state index contributed by atoms with van der Waals surface area (Å²) in [6.45, 7) is 3.63. The van der Waals surface area contributed by atoms with Crippen LogP contribution in [0.2, 0.25) is 0 Å². The third kappa shape index (κ3) is 6.60. The summed E-state index contributed by atoms with van der Waals surface area (Å²) in [4.78, 5) is 0. The van der Waals surface area contributed by atoms with E-state index < -0.39 is 16.9 Å². The first-order valence-electron chi connectivity index (χ1n) is 3.29. The Morgan fingerprint density at radius 1 is 1.55 bits per heavy atom.